The molecule has 2 aromatic rings. The van der Waals surface area contributed by atoms with Gasteiger partial charge in [0.05, 0.1) is 11.7 Å². The number of carbonyl (C=O) groups is 1. The van der Waals surface area contributed by atoms with E-state index in [-0.39, 0.29) is 11.9 Å². The number of rotatable bonds is 4. The number of amides is 1. The molecule has 2 aromatic heterocycles. The molecule has 1 amide bonds. The lowest BCUT2D eigenvalue weighted by atomic mass is 10.0. The van der Waals surface area contributed by atoms with Crippen molar-refractivity contribution in [3.05, 3.63) is 41.3 Å². The number of nitrogens with one attached hydrogen (secondary N) is 1. The predicted octanol–water partition coefficient (Wildman–Crippen LogP) is 3.53. The molecule has 3 heterocycles. The molecule has 126 valence electrons. The van der Waals surface area contributed by atoms with E-state index in [1.54, 1.807) is 11.3 Å². The predicted molar refractivity (Wildman–Crippen MR) is 95.4 cm³/mol. The van der Waals surface area contributed by atoms with Crippen LogP contribution >= 0.6 is 11.3 Å². The van der Waals surface area contributed by atoms with E-state index in [0.717, 1.165) is 42.3 Å². The number of nitrogens with zero attached hydrogens (tertiary/aromatic N) is 4. The molecule has 1 unspecified atom stereocenters. The van der Waals surface area contributed by atoms with E-state index in [2.05, 4.69) is 26.8 Å². The molecule has 0 saturated carbocycles. The van der Waals surface area contributed by atoms with Gasteiger partial charge in [0.1, 0.15) is 5.82 Å². The second kappa shape index (κ2) is 7.09. The Morgan fingerprint density at radius 2 is 2.17 bits per heavy atom. The summed E-state index contributed by atoms with van der Waals surface area (Å²) < 4.78 is 0. The van der Waals surface area contributed by atoms with Crippen molar-refractivity contribution in [1.29, 1.82) is 0 Å². The van der Waals surface area contributed by atoms with E-state index in [1.165, 1.54) is 6.08 Å². The first-order valence-electron chi connectivity index (χ1n) is 8.04. The first-order chi connectivity index (χ1) is 11.6. The maximum absolute atomic E-state index is 12.1. The van der Waals surface area contributed by atoms with Gasteiger partial charge >= 0.3 is 0 Å². The van der Waals surface area contributed by atoms with Crippen molar-refractivity contribution in [3.8, 4) is 0 Å². The minimum Gasteiger partial charge on any atom is -0.329 e. The Labute approximate surface area is 145 Å². The van der Waals surface area contributed by atoms with Crippen LogP contribution in [-0.4, -0.2) is 32.3 Å². The largest absolute Gasteiger partial charge is 0.329 e. The molecule has 0 radical (unpaired) electrons. The van der Waals surface area contributed by atoms with Crippen molar-refractivity contribution in [2.45, 2.75) is 39.2 Å². The third kappa shape index (κ3) is 3.62. The molecule has 1 N–H and O–H groups in total. The number of piperidine rings is 1. The van der Waals surface area contributed by atoms with Gasteiger partial charge in [-0.2, -0.15) is 0 Å². The van der Waals surface area contributed by atoms with Gasteiger partial charge in [-0.05, 0) is 39.2 Å². The fourth-order valence-corrected chi connectivity index (χ4v) is 3.60. The third-order valence-electron chi connectivity index (χ3n) is 3.98. The number of aromatic nitrogens is 3. The summed E-state index contributed by atoms with van der Waals surface area (Å²) in [6, 6.07) is 1.80. The van der Waals surface area contributed by atoms with Crippen LogP contribution in [-0.2, 0) is 4.79 Å². The fraction of sp³-hybridized carbons (Fsp3) is 0.412. The zero-order valence-electron chi connectivity index (χ0n) is 14.0. The zero-order chi connectivity index (χ0) is 17.1. The summed E-state index contributed by atoms with van der Waals surface area (Å²) in [5.74, 6) is 1.33. The monoisotopic (exact) mass is 343 g/mol. The van der Waals surface area contributed by atoms with Crippen molar-refractivity contribution in [1.82, 2.24) is 19.9 Å². The second-order valence-corrected chi connectivity index (χ2v) is 6.78. The van der Waals surface area contributed by atoms with Gasteiger partial charge in [0.15, 0.2) is 11.0 Å². The van der Waals surface area contributed by atoms with Crippen LogP contribution in [0, 0.1) is 13.8 Å². The average Bonchev–Trinajstić information content (AvgIpc) is 2.98. The van der Waals surface area contributed by atoms with Gasteiger partial charge in [-0.25, -0.2) is 15.0 Å². The number of likely N-dealkylation sites (tertiary alicyclic amines) is 1. The van der Waals surface area contributed by atoms with Gasteiger partial charge in [0, 0.05) is 23.7 Å². The number of aryl methyl sites for hydroxylation is 2. The zero-order valence-corrected chi connectivity index (χ0v) is 14.8. The summed E-state index contributed by atoms with van der Waals surface area (Å²) in [5.41, 5.74) is 1.84. The van der Waals surface area contributed by atoms with E-state index in [9.17, 15) is 4.79 Å². The lowest BCUT2D eigenvalue weighted by Gasteiger charge is -2.34. The van der Waals surface area contributed by atoms with Gasteiger partial charge in [-0.15, -0.1) is 11.3 Å². The van der Waals surface area contributed by atoms with E-state index in [1.807, 2.05) is 30.2 Å². The molecular weight excluding hydrogens is 322 g/mol. The Morgan fingerprint density at radius 1 is 1.33 bits per heavy atom. The molecule has 0 spiro atoms. The minimum atomic E-state index is -0.0947. The smallest absolute Gasteiger partial charge is 0.246 e. The van der Waals surface area contributed by atoms with Crippen LogP contribution in [0.1, 0.15) is 42.5 Å². The average molecular weight is 343 g/mol. The SMILES string of the molecule is C=CC(=O)N1CCCCC1c1nc(C)cc(Nc2nc(C)cs2)n1. The molecular formula is C17H21N5OS. The molecule has 1 aliphatic heterocycles. The molecule has 1 atom stereocenters. The van der Waals surface area contributed by atoms with E-state index in [0.29, 0.717) is 11.6 Å². The topological polar surface area (TPSA) is 71.0 Å². The minimum absolute atomic E-state index is 0.0603. The van der Waals surface area contributed by atoms with Crippen LogP contribution in [0.5, 0.6) is 0 Å². The standard InChI is InChI=1S/C17H21N5OS/c1-4-15(23)22-8-6-5-7-13(22)16-18-11(2)9-14(20-16)21-17-19-12(3)10-24-17/h4,9-10,13H,1,5-8H2,2-3H3,(H,18,19,20,21). The summed E-state index contributed by atoms with van der Waals surface area (Å²) in [5, 5.41) is 6.03. The van der Waals surface area contributed by atoms with Crippen LogP contribution in [0.15, 0.2) is 24.1 Å². The van der Waals surface area contributed by atoms with E-state index >= 15 is 0 Å². The number of thiazole rings is 1. The van der Waals surface area contributed by atoms with Crippen LogP contribution in [0.25, 0.3) is 0 Å². The van der Waals surface area contributed by atoms with Crippen molar-refractivity contribution in [2.24, 2.45) is 0 Å². The van der Waals surface area contributed by atoms with Crippen molar-refractivity contribution >= 4 is 28.2 Å². The normalized spacial score (nSPS) is 17.6. The Kier molecular flexibility index (Phi) is 4.89. The first-order valence-corrected chi connectivity index (χ1v) is 8.92. The lowest BCUT2D eigenvalue weighted by Crippen LogP contribution is -2.38. The molecule has 0 aromatic carbocycles. The Hall–Kier alpha value is -2.28. The number of hydrogen-bond acceptors (Lipinski definition) is 6. The third-order valence-corrected chi connectivity index (χ3v) is 4.86. The van der Waals surface area contributed by atoms with Crippen molar-refractivity contribution in [2.75, 3.05) is 11.9 Å². The fourth-order valence-electron chi connectivity index (χ4n) is 2.91. The molecule has 0 bridgehead atoms. The molecule has 0 aliphatic carbocycles. The Bertz CT molecular complexity index is 757. The van der Waals surface area contributed by atoms with Crippen LogP contribution < -0.4 is 5.32 Å². The second-order valence-electron chi connectivity index (χ2n) is 5.92. The number of anilines is 2. The highest BCUT2D eigenvalue weighted by atomic mass is 32.1. The highest BCUT2D eigenvalue weighted by Gasteiger charge is 2.29. The van der Waals surface area contributed by atoms with E-state index < -0.39 is 0 Å². The van der Waals surface area contributed by atoms with Gasteiger partial charge in [-0.1, -0.05) is 6.58 Å². The maximum atomic E-state index is 12.1. The maximum Gasteiger partial charge on any atom is 0.246 e. The molecule has 3 rings (SSSR count). The van der Waals surface area contributed by atoms with Crippen LogP contribution in [0.3, 0.4) is 0 Å². The van der Waals surface area contributed by atoms with Gasteiger partial charge in [0.25, 0.3) is 0 Å². The number of carbonyl (C=O) groups excluding carboxylic acids is 1. The van der Waals surface area contributed by atoms with Crippen molar-refractivity contribution < 1.29 is 4.79 Å². The number of hydrogen-bond donors (Lipinski definition) is 1. The summed E-state index contributed by atoms with van der Waals surface area (Å²) in [4.78, 5) is 27.6. The summed E-state index contributed by atoms with van der Waals surface area (Å²) in [7, 11) is 0. The van der Waals surface area contributed by atoms with Crippen LogP contribution in [0.2, 0.25) is 0 Å². The molecule has 1 aliphatic rings. The summed E-state index contributed by atoms with van der Waals surface area (Å²) in [6.45, 7) is 8.22. The molecule has 1 fully saturated rings. The molecule has 7 heteroatoms. The summed E-state index contributed by atoms with van der Waals surface area (Å²) >= 11 is 1.54. The Morgan fingerprint density at radius 3 is 2.88 bits per heavy atom. The van der Waals surface area contributed by atoms with Gasteiger partial charge in [0.2, 0.25) is 5.91 Å². The molecule has 24 heavy (non-hydrogen) atoms. The quantitative estimate of drug-likeness (QED) is 0.860. The van der Waals surface area contributed by atoms with E-state index in [4.69, 9.17) is 0 Å². The highest BCUT2D eigenvalue weighted by molar-refractivity contribution is 7.13. The van der Waals surface area contributed by atoms with Crippen molar-refractivity contribution in [3.63, 3.8) is 0 Å². The highest BCUT2D eigenvalue weighted by Crippen LogP contribution is 2.30. The Balaban J connectivity index is 1.89. The van der Waals surface area contributed by atoms with Gasteiger partial charge in [-0.3, -0.25) is 4.79 Å². The summed E-state index contributed by atoms with van der Waals surface area (Å²) in [6.07, 6.45) is 4.31. The molecule has 6 nitrogen and oxygen atoms in total. The molecule has 1 saturated heterocycles. The lowest BCUT2D eigenvalue weighted by molar-refractivity contribution is -0.129. The van der Waals surface area contributed by atoms with Crippen LogP contribution in [0.4, 0.5) is 10.9 Å². The first kappa shape index (κ1) is 16.6. The van der Waals surface area contributed by atoms with Gasteiger partial charge < -0.3 is 10.2 Å².